The van der Waals surface area contributed by atoms with Gasteiger partial charge in [-0.1, -0.05) is 30.3 Å². The maximum absolute atomic E-state index is 13.2. The molecule has 0 radical (unpaired) electrons. The van der Waals surface area contributed by atoms with Crippen molar-refractivity contribution in [3.8, 4) is 0 Å². The Kier molecular flexibility index (Phi) is 6.36. The Morgan fingerprint density at radius 3 is 2.50 bits per heavy atom. The third kappa shape index (κ3) is 4.36. The van der Waals surface area contributed by atoms with E-state index in [9.17, 15) is 14.0 Å². The molecule has 28 heavy (non-hydrogen) atoms. The van der Waals surface area contributed by atoms with Crippen molar-refractivity contribution in [2.24, 2.45) is 0 Å². The molecule has 1 fully saturated rings. The Hall–Kier alpha value is -2.80. The van der Waals surface area contributed by atoms with Crippen molar-refractivity contribution in [2.75, 3.05) is 18.0 Å². The van der Waals surface area contributed by atoms with E-state index < -0.39 is 11.9 Å². The summed E-state index contributed by atoms with van der Waals surface area (Å²) in [6, 6.07) is 14.6. The third-order valence-electron chi connectivity index (χ3n) is 4.66. The van der Waals surface area contributed by atoms with Gasteiger partial charge in [0.2, 0.25) is 5.91 Å². The number of halogens is 1. The molecular weight excluding hydrogens is 377 g/mol. The van der Waals surface area contributed by atoms with E-state index in [0.717, 1.165) is 10.5 Å². The van der Waals surface area contributed by atoms with Gasteiger partial charge in [-0.3, -0.25) is 9.59 Å². The van der Waals surface area contributed by atoms with E-state index in [1.54, 1.807) is 4.90 Å². The predicted octanol–water partition coefficient (Wildman–Crippen LogP) is 2.90. The lowest BCUT2D eigenvalue weighted by molar-refractivity contribution is -0.122. The zero-order valence-electron chi connectivity index (χ0n) is 15.6. The van der Waals surface area contributed by atoms with Crippen LogP contribution in [0.4, 0.5) is 10.1 Å². The normalized spacial score (nSPS) is 16.4. The van der Waals surface area contributed by atoms with Gasteiger partial charge in [-0.25, -0.2) is 9.29 Å². The van der Waals surface area contributed by atoms with Gasteiger partial charge in [0, 0.05) is 13.1 Å². The predicted molar refractivity (Wildman–Crippen MR) is 110 cm³/mol. The van der Waals surface area contributed by atoms with E-state index in [1.807, 2.05) is 37.3 Å². The fraction of sp³-hybridized carbons (Fsp3) is 0.286. The number of nitrogens with zero attached hydrogens (tertiary/aromatic N) is 2. The molecule has 1 atom stereocenters. The van der Waals surface area contributed by atoms with Crippen molar-refractivity contribution in [1.29, 1.82) is 0 Å². The number of nitrogens with one attached hydrogen (secondary N) is 1. The number of hydrogen-bond donors (Lipinski definition) is 1. The minimum absolute atomic E-state index is 0.0382. The van der Waals surface area contributed by atoms with Crippen LogP contribution in [-0.2, 0) is 16.0 Å². The van der Waals surface area contributed by atoms with Crippen LogP contribution in [0.2, 0.25) is 0 Å². The minimum atomic E-state index is -0.673. The van der Waals surface area contributed by atoms with Gasteiger partial charge in [0.25, 0.3) is 5.91 Å². The first-order chi connectivity index (χ1) is 13.5. The number of carbonyl (C=O) groups excluding carboxylic acids is 2. The fourth-order valence-electron chi connectivity index (χ4n) is 3.27. The molecule has 2 aromatic carbocycles. The van der Waals surface area contributed by atoms with Gasteiger partial charge >= 0.3 is 0 Å². The van der Waals surface area contributed by atoms with Gasteiger partial charge in [-0.15, -0.1) is 0 Å². The first-order valence-corrected chi connectivity index (χ1v) is 9.63. The third-order valence-corrected chi connectivity index (χ3v) is 5.04. The summed E-state index contributed by atoms with van der Waals surface area (Å²) in [4.78, 5) is 28.5. The van der Waals surface area contributed by atoms with E-state index in [0.29, 0.717) is 30.3 Å². The van der Waals surface area contributed by atoms with E-state index >= 15 is 0 Å². The first kappa shape index (κ1) is 19.9. The van der Waals surface area contributed by atoms with Gasteiger partial charge in [-0.05, 0) is 55.4 Å². The number of thiocarbonyl (C=S) groups is 1. The maximum Gasteiger partial charge on any atom is 0.257 e. The van der Waals surface area contributed by atoms with Crippen molar-refractivity contribution in [2.45, 2.75) is 25.8 Å². The summed E-state index contributed by atoms with van der Waals surface area (Å²) in [5, 5.41) is 3.53. The summed E-state index contributed by atoms with van der Waals surface area (Å²) < 4.78 is 13.2. The van der Waals surface area contributed by atoms with Crippen LogP contribution in [0.15, 0.2) is 54.6 Å². The number of imide groups is 1. The van der Waals surface area contributed by atoms with Gasteiger partial charge in [0.05, 0.1) is 12.1 Å². The summed E-state index contributed by atoms with van der Waals surface area (Å²) in [6.45, 7) is 3.06. The number of anilines is 1. The quantitative estimate of drug-likeness (QED) is 0.598. The Morgan fingerprint density at radius 2 is 1.86 bits per heavy atom. The monoisotopic (exact) mass is 399 g/mol. The maximum atomic E-state index is 13.2. The standard InChI is InChI=1S/C21H22FN3O2S/c1-2-23-21(28)24(13-12-15-6-4-3-5-7-15)18-14-19(26)25(20(18)27)17-10-8-16(22)9-11-17/h3-11,18H,2,12-14H2,1H3,(H,23,28). The van der Waals surface area contributed by atoms with Gasteiger partial charge in [0.15, 0.2) is 5.11 Å². The van der Waals surface area contributed by atoms with Crippen molar-refractivity contribution in [1.82, 2.24) is 10.2 Å². The number of carbonyl (C=O) groups is 2. The number of amides is 2. The lowest BCUT2D eigenvalue weighted by atomic mass is 10.1. The molecule has 3 rings (SSSR count). The molecule has 0 aromatic heterocycles. The molecule has 1 aliphatic rings. The second-order valence-corrected chi connectivity index (χ2v) is 6.91. The zero-order valence-corrected chi connectivity index (χ0v) is 16.4. The largest absolute Gasteiger partial charge is 0.363 e. The average Bonchev–Trinajstić information content (AvgIpc) is 2.98. The highest BCUT2D eigenvalue weighted by atomic mass is 32.1. The molecule has 146 valence electrons. The highest BCUT2D eigenvalue weighted by molar-refractivity contribution is 7.80. The Morgan fingerprint density at radius 1 is 1.18 bits per heavy atom. The van der Waals surface area contributed by atoms with Crippen LogP contribution in [0.5, 0.6) is 0 Å². The highest BCUT2D eigenvalue weighted by Gasteiger charge is 2.43. The summed E-state index contributed by atoms with van der Waals surface area (Å²) in [6.07, 6.45) is 0.734. The van der Waals surface area contributed by atoms with Gasteiger partial charge in [-0.2, -0.15) is 0 Å². The van der Waals surface area contributed by atoms with Gasteiger partial charge < -0.3 is 10.2 Å². The molecule has 0 aliphatic carbocycles. The lowest BCUT2D eigenvalue weighted by Gasteiger charge is -2.30. The molecule has 2 aromatic rings. The van der Waals surface area contributed by atoms with Crippen LogP contribution in [0, 0.1) is 5.82 Å². The Bertz CT molecular complexity index is 858. The average molecular weight is 399 g/mol. The van der Waals surface area contributed by atoms with E-state index in [1.165, 1.54) is 24.3 Å². The molecule has 0 spiro atoms. The van der Waals surface area contributed by atoms with Crippen LogP contribution >= 0.6 is 12.2 Å². The van der Waals surface area contributed by atoms with Crippen LogP contribution in [0.1, 0.15) is 18.9 Å². The van der Waals surface area contributed by atoms with E-state index in [4.69, 9.17) is 12.2 Å². The van der Waals surface area contributed by atoms with E-state index in [2.05, 4.69) is 5.32 Å². The summed E-state index contributed by atoms with van der Waals surface area (Å²) in [5.41, 5.74) is 1.50. The molecule has 2 amide bonds. The minimum Gasteiger partial charge on any atom is -0.363 e. The summed E-state index contributed by atoms with van der Waals surface area (Å²) >= 11 is 5.47. The van der Waals surface area contributed by atoms with Crippen LogP contribution < -0.4 is 10.2 Å². The Labute approximate surface area is 169 Å². The topological polar surface area (TPSA) is 52.7 Å². The smallest absolute Gasteiger partial charge is 0.257 e. The summed E-state index contributed by atoms with van der Waals surface area (Å²) in [7, 11) is 0. The molecule has 0 saturated carbocycles. The molecule has 7 heteroatoms. The van der Waals surface area contributed by atoms with Crippen molar-refractivity contribution >= 4 is 34.8 Å². The molecule has 5 nitrogen and oxygen atoms in total. The molecule has 1 heterocycles. The molecule has 1 saturated heterocycles. The number of hydrogen-bond acceptors (Lipinski definition) is 3. The molecule has 0 bridgehead atoms. The molecular formula is C21H22FN3O2S. The van der Waals surface area contributed by atoms with Crippen molar-refractivity contribution < 1.29 is 14.0 Å². The first-order valence-electron chi connectivity index (χ1n) is 9.22. The summed E-state index contributed by atoms with van der Waals surface area (Å²) in [5.74, 6) is -1.08. The van der Waals surface area contributed by atoms with Gasteiger partial charge in [0.1, 0.15) is 11.9 Å². The van der Waals surface area contributed by atoms with E-state index in [-0.39, 0.29) is 18.2 Å². The van der Waals surface area contributed by atoms with Crippen LogP contribution in [0.25, 0.3) is 0 Å². The molecule has 1 N–H and O–H groups in total. The van der Waals surface area contributed by atoms with Crippen molar-refractivity contribution in [3.63, 3.8) is 0 Å². The fourth-order valence-corrected chi connectivity index (χ4v) is 3.63. The lowest BCUT2D eigenvalue weighted by Crippen LogP contribution is -2.50. The highest BCUT2D eigenvalue weighted by Crippen LogP contribution is 2.26. The second-order valence-electron chi connectivity index (χ2n) is 6.53. The number of rotatable bonds is 6. The molecule has 1 aliphatic heterocycles. The Balaban J connectivity index is 1.81. The van der Waals surface area contributed by atoms with Crippen LogP contribution in [0.3, 0.4) is 0 Å². The van der Waals surface area contributed by atoms with Crippen molar-refractivity contribution in [3.05, 3.63) is 66.0 Å². The SMILES string of the molecule is CCNC(=S)N(CCc1ccccc1)C1CC(=O)N(c2ccc(F)cc2)C1=O. The zero-order chi connectivity index (χ0) is 20.1. The second kappa shape index (κ2) is 8.93. The number of benzene rings is 2. The van der Waals surface area contributed by atoms with Crippen LogP contribution in [-0.4, -0.2) is 41.0 Å². The molecule has 1 unspecified atom stereocenters.